The summed E-state index contributed by atoms with van der Waals surface area (Å²) >= 11 is 1.57. The Balaban J connectivity index is 1.68. The first-order valence-corrected chi connectivity index (χ1v) is 7.89. The zero-order chi connectivity index (χ0) is 15.5. The van der Waals surface area contributed by atoms with Gasteiger partial charge in [0.25, 0.3) is 0 Å². The summed E-state index contributed by atoms with van der Waals surface area (Å²) in [6.45, 7) is 1.54. The summed E-state index contributed by atoms with van der Waals surface area (Å²) < 4.78 is 1.11. The number of hydrogen-bond acceptors (Lipinski definition) is 4. The number of nitrogens with zero attached hydrogens (tertiary/aromatic N) is 1. The maximum atomic E-state index is 12.2. The minimum absolute atomic E-state index is 0.0346. The minimum atomic E-state index is 0.0346. The van der Waals surface area contributed by atoms with Crippen molar-refractivity contribution in [1.29, 1.82) is 0 Å². The third-order valence-corrected chi connectivity index (χ3v) is 4.48. The quantitative estimate of drug-likeness (QED) is 0.672. The fraction of sp³-hybridized carbons (Fsp3) is 0.167. The van der Waals surface area contributed by atoms with Gasteiger partial charge in [0.1, 0.15) is 10.8 Å². The molecule has 110 valence electrons. The Hall–Kier alpha value is -2.33. The molecule has 0 spiro atoms. The van der Waals surface area contributed by atoms with Crippen molar-refractivity contribution in [3.05, 3.63) is 64.7 Å². The van der Waals surface area contributed by atoms with Gasteiger partial charge in [0.15, 0.2) is 5.78 Å². The molecule has 0 amide bonds. The first-order valence-electron chi connectivity index (χ1n) is 7.08. The van der Waals surface area contributed by atoms with E-state index < -0.39 is 0 Å². The number of rotatable bonds is 5. The van der Waals surface area contributed by atoms with Gasteiger partial charge >= 0.3 is 0 Å². The standard InChI is InChI=1S/C18H15NO2S/c1-12(20)14-8-6-13(7-9-14)10-15(21)11-18-19-16-4-2-3-5-17(16)22-18/h2-9H,10-11H2,1H3. The van der Waals surface area contributed by atoms with E-state index in [1.807, 2.05) is 36.4 Å². The molecule has 0 unspecified atom stereocenters. The summed E-state index contributed by atoms with van der Waals surface area (Å²) in [6.07, 6.45) is 0.724. The van der Waals surface area contributed by atoms with Crippen LogP contribution in [0.1, 0.15) is 27.9 Å². The van der Waals surface area contributed by atoms with Crippen LogP contribution >= 0.6 is 11.3 Å². The van der Waals surface area contributed by atoms with Crippen LogP contribution in [0.2, 0.25) is 0 Å². The van der Waals surface area contributed by atoms with E-state index in [-0.39, 0.29) is 11.6 Å². The molecule has 3 nitrogen and oxygen atoms in total. The van der Waals surface area contributed by atoms with E-state index in [1.54, 1.807) is 23.5 Å². The SMILES string of the molecule is CC(=O)c1ccc(CC(=O)Cc2nc3ccccc3s2)cc1. The molecule has 0 fully saturated rings. The predicted octanol–water partition coefficient (Wildman–Crippen LogP) is 3.85. The summed E-state index contributed by atoms with van der Waals surface area (Å²) in [5.41, 5.74) is 2.54. The number of ketones is 2. The number of benzene rings is 2. The summed E-state index contributed by atoms with van der Waals surface area (Å²) in [5.74, 6) is 0.169. The first kappa shape index (κ1) is 14.6. The van der Waals surface area contributed by atoms with Crippen molar-refractivity contribution >= 4 is 33.1 Å². The highest BCUT2D eigenvalue weighted by Gasteiger charge is 2.10. The van der Waals surface area contributed by atoms with Crippen LogP contribution in [0.3, 0.4) is 0 Å². The highest BCUT2D eigenvalue weighted by Crippen LogP contribution is 2.22. The largest absolute Gasteiger partial charge is 0.299 e. The summed E-state index contributed by atoms with van der Waals surface area (Å²) in [6, 6.07) is 15.1. The van der Waals surface area contributed by atoms with Gasteiger partial charge in [-0.2, -0.15) is 0 Å². The van der Waals surface area contributed by atoms with Crippen LogP contribution in [-0.4, -0.2) is 16.6 Å². The number of hydrogen-bond donors (Lipinski definition) is 0. The smallest absolute Gasteiger partial charge is 0.159 e. The Morgan fingerprint density at radius 1 is 1.00 bits per heavy atom. The van der Waals surface area contributed by atoms with E-state index in [0.29, 0.717) is 18.4 Å². The van der Waals surface area contributed by atoms with E-state index in [4.69, 9.17) is 0 Å². The second kappa shape index (κ2) is 6.20. The second-order valence-corrected chi connectivity index (χ2v) is 6.34. The molecule has 0 N–H and O–H groups in total. The van der Waals surface area contributed by atoms with Crippen LogP contribution in [0.25, 0.3) is 10.2 Å². The number of Topliss-reactive ketones (excluding diaryl/α,β-unsaturated/α-hetero) is 2. The van der Waals surface area contributed by atoms with Gasteiger partial charge in [0, 0.05) is 12.0 Å². The van der Waals surface area contributed by atoms with E-state index >= 15 is 0 Å². The van der Waals surface area contributed by atoms with Gasteiger partial charge in [0.2, 0.25) is 0 Å². The Labute approximate surface area is 132 Å². The predicted molar refractivity (Wildman–Crippen MR) is 88.5 cm³/mol. The Morgan fingerprint density at radius 2 is 1.73 bits per heavy atom. The lowest BCUT2D eigenvalue weighted by Crippen LogP contribution is -2.06. The maximum absolute atomic E-state index is 12.2. The van der Waals surface area contributed by atoms with Crippen molar-refractivity contribution in [3.8, 4) is 0 Å². The molecular weight excluding hydrogens is 294 g/mol. The van der Waals surface area contributed by atoms with Gasteiger partial charge in [-0.15, -0.1) is 11.3 Å². The zero-order valence-corrected chi connectivity index (χ0v) is 13.0. The number of fused-ring (bicyclic) bond motifs is 1. The zero-order valence-electron chi connectivity index (χ0n) is 12.2. The molecule has 0 radical (unpaired) electrons. The molecule has 0 aliphatic heterocycles. The van der Waals surface area contributed by atoms with Crippen molar-refractivity contribution in [2.75, 3.05) is 0 Å². The van der Waals surface area contributed by atoms with Crippen LogP contribution in [0, 0.1) is 0 Å². The monoisotopic (exact) mass is 309 g/mol. The molecule has 4 heteroatoms. The van der Waals surface area contributed by atoms with Crippen LogP contribution in [0.5, 0.6) is 0 Å². The second-order valence-electron chi connectivity index (χ2n) is 5.22. The summed E-state index contributed by atoms with van der Waals surface area (Å²) in [7, 11) is 0. The summed E-state index contributed by atoms with van der Waals surface area (Å²) in [5, 5.41) is 0.853. The molecule has 2 aromatic carbocycles. The number of carbonyl (C=O) groups excluding carboxylic acids is 2. The third kappa shape index (κ3) is 3.28. The highest BCUT2D eigenvalue weighted by molar-refractivity contribution is 7.18. The van der Waals surface area contributed by atoms with Crippen molar-refractivity contribution in [2.45, 2.75) is 19.8 Å². The normalized spacial score (nSPS) is 10.8. The number of aromatic nitrogens is 1. The Morgan fingerprint density at radius 3 is 2.41 bits per heavy atom. The van der Waals surface area contributed by atoms with Gasteiger partial charge in [-0.25, -0.2) is 4.98 Å². The molecule has 3 aromatic rings. The molecule has 1 aromatic heterocycles. The van der Waals surface area contributed by atoms with Crippen molar-refractivity contribution in [3.63, 3.8) is 0 Å². The van der Waals surface area contributed by atoms with E-state index in [9.17, 15) is 9.59 Å². The van der Waals surface area contributed by atoms with E-state index in [2.05, 4.69) is 4.98 Å². The lowest BCUT2D eigenvalue weighted by molar-refractivity contribution is -0.117. The van der Waals surface area contributed by atoms with Gasteiger partial charge in [-0.3, -0.25) is 9.59 Å². The molecule has 22 heavy (non-hydrogen) atoms. The lowest BCUT2D eigenvalue weighted by Gasteiger charge is -2.01. The Bertz CT molecular complexity index is 801. The van der Waals surface area contributed by atoms with Gasteiger partial charge in [-0.05, 0) is 24.6 Å². The molecule has 0 saturated heterocycles. The molecule has 1 heterocycles. The molecule has 0 bridgehead atoms. The molecule has 0 saturated carbocycles. The number of thiazole rings is 1. The van der Waals surface area contributed by atoms with Crippen LogP contribution in [-0.2, 0) is 17.6 Å². The average Bonchev–Trinajstić information content (AvgIpc) is 2.89. The van der Waals surface area contributed by atoms with Gasteiger partial charge < -0.3 is 0 Å². The summed E-state index contributed by atoms with van der Waals surface area (Å²) in [4.78, 5) is 27.9. The fourth-order valence-electron chi connectivity index (χ4n) is 2.31. The van der Waals surface area contributed by atoms with Gasteiger partial charge in [-0.1, -0.05) is 36.4 Å². The minimum Gasteiger partial charge on any atom is -0.299 e. The molecule has 0 aliphatic rings. The average molecular weight is 309 g/mol. The maximum Gasteiger partial charge on any atom is 0.159 e. The number of para-hydroxylation sites is 1. The molecule has 0 atom stereocenters. The molecule has 3 rings (SSSR count). The molecular formula is C18H15NO2S. The van der Waals surface area contributed by atoms with Crippen molar-refractivity contribution < 1.29 is 9.59 Å². The fourth-order valence-corrected chi connectivity index (χ4v) is 3.31. The van der Waals surface area contributed by atoms with E-state index in [1.165, 1.54) is 6.92 Å². The molecule has 0 aliphatic carbocycles. The topological polar surface area (TPSA) is 47.0 Å². The first-order chi connectivity index (χ1) is 10.6. The van der Waals surface area contributed by atoms with Crippen molar-refractivity contribution in [1.82, 2.24) is 4.98 Å². The Kier molecular flexibility index (Phi) is 4.11. The van der Waals surface area contributed by atoms with Crippen LogP contribution < -0.4 is 0 Å². The van der Waals surface area contributed by atoms with Crippen molar-refractivity contribution in [2.24, 2.45) is 0 Å². The lowest BCUT2D eigenvalue weighted by atomic mass is 10.0. The van der Waals surface area contributed by atoms with Crippen LogP contribution in [0.15, 0.2) is 48.5 Å². The van der Waals surface area contributed by atoms with Gasteiger partial charge in [0.05, 0.1) is 16.6 Å². The highest BCUT2D eigenvalue weighted by atomic mass is 32.1. The van der Waals surface area contributed by atoms with Crippen LogP contribution in [0.4, 0.5) is 0 Å². The number of carbonyl (C=O) groups is 2. The third-order valence-electron chi connectivity index (χ3n) is 3.45. The van der Waals surface area contributed by atoms with E-state index in [0.717, 1.165) is 20.8 Å².